The van der Waals surface area contributed by atoms with Crippen LogP contribution in [0.1, 0.15) is 72.6 Å². The Morgan fingerprint density at radius 1 is 1.00 bits per heavy atom. The highest BCUT2D eigenvalue weighted by atomic mass is 16.4. The third kappa shape index (κ3) is 4.68. The van der Waals surface area contributed by atoms with Crippen LogP contribution in [-0.2, 0) is 0 Å². The molecule has 110 valence electrons. The maximum Gasteiger partial charge on any atom is 0.339 e. The first-order valence-corrected chi connectivity index (χ1v) is 7.16. The van der Waals surface area contributed by atoms with Crippen LogP contribution in [0.3, 0.4) is 0 Å². The van der Waals surface area contributed by atoms with Crippen molar-refractivity contribution in [3.8, 4) is 5.75 Å². The molecule has 4 nitrogen and oxygen atoms in total. The number of hydrogen-bond donors (Lipinski definition) is 2. The fourth-order valence-electron chi connectivity index (χ4n) is 2.14. The lowest BCUT2D eigenvalue weighted by atomic mass is 10.0. The van der Waals surface area contributed by atoms with Crippen LogP contribution in [-0.4, -0.2) is 22.0 Å². The number of rotatable bonds is 9. The Labute approximate surface area is 119 Å². The van der Waals surface area contributed by atoms with Crippen molar-refractivity contribution in [2.45, 2.75) is 51.9 Å². The van der Waals surface area contributed by atoms with Gasteiger partial charge in [0.05, 0.1) is 5.56 Å². The minimum Gasteiger partial charge on any atom is -0.506 e. The summed E-state index contributed by atoms with van der Waals surface area (Å²) in [5.41, 5.74) is -0.114. The summed E-state index contributed by atoms with van der Waals surface area (Å²) in [5.74, 6) is -1.84. The van der Waals surface area contributed by atoms with Crippen molar-refractivity contribution in [2.75, 3.05) is 0 Å². The number of Topliss-reactive ketones (excluding diaryl/α,β-unsaturated/α-hetero) is 1. The fourth-order valence-corrected chi connectivity index (χ4v) is 2.14. The second-order valence-corrected chi connectivity index (χ2v) is 4.95. The molecule has 4 heteroatoms. The molecular formula is C16H22O4. The average molecular weight is 278 g/mol. The summed E-state index contributed by atoms with van der Waals surface area (Å²) >= 11 is 0. The molecule has 0 aliphatic carbocycles. The normalized spacial score (nSPS) is 10.4. The minimum atomic E-state index is -1.23. The first-order valence-electron chi connectivity index (χ1n) is 7.16. The quantitative estimate of drug-likeness (QED) is 0.528. The topological polar surface area (TPSA) is 74.6 Å². The van der Waals surface area contributed by atoms with Gasteiger partial charge in [-0.2, -0.15) is 0 Å². The van der Waals surface area contributed by atoms with Crippen LogP contribution < -0.4 is 0 Å². The summed E-state index contributed by atoms with van der Waals surface area (Å²) < 4.78 is 0. The monoisotopic (exact) mass is 278 g/mol. The van der Waals surface area contributed by atoms with Crippen LogP contribution in [0.2, 0.25) is 0 Å². The number of carbonyl (C=O) groups excluding carboxylic acids is 1. The van der Waals surface area contributed by atoms with Crippen LogP contribution in [0, 0.1) is 0 Å². The second-order valence-electron chi connectivity index (χ2n) is 4.95. The summed E-state index contributed by atoms with van der Waals surface area (Å²) in [7, 11) is 0. The van der Waals surface area contributed by atoms with Crippen LogP contribution in [0.4, 0.5) is 0 Å². The lowest BCUT2D eigenvalue weighted by Gasteiger charge is -2.06. The lowest BCUT2D eigenvalue weighted by Crippen LogP contribution is -2.04. The number of carboxylic acids is 1. The Bertz CT molecular complexity index is 466. The van der Waals surface area contributed by atoms with E-state index in [1.165, 1.54) is 37.5 Å². The van der Waals surface area contributed by atoms with Crippen molar-refractivity contribution in [1.29, 1.82) is 0 Å². The number of carbonyl (C=O) groups is 2. The second kappa shape index (κ2) is 8.35. The Balaban J connectivity index is 2.52. The molecule has 0 spiro atoms. The Kier molecular flexibility index (Phi) is 6.77. The summed E-state index contributed by atoms with van der Waals surface area (Å²) in [6.07, 6.45) is 6.82. The van der Waals surface area contributed by atoms with Gasteiger partial charge in [0, 0.05) is 6.42 Å². The molecule has 0 aliphatic heterocycles. The van der Waals surface area contributed by atoms with Gasteiger partial charge in [0.1, 0.15) is 11.3 Å². The zero-order valence-corrected chi connectivity index (χ0v) is 11.9. The van der Waals surface area contributed by atoms with Gasteiger partial charge in [-0.15, -0.1) is 0 Å². The van der Waals surface area contributed by atoms with E-state index in [0.717, 1.165) is 19.3 Å². The molecule has 0 radical (unpaired) electrons. The van der Waals surface area contributed by atoms with Crippen LogP contribution in [0.5, 0.6) is 5.75 Å². The number of hydrogen-bond acceptors (Lipinski definition) is 3. The van der Waals surface area contributed by atoms with E-state index in [-0.39, 0.29) is 16.9 Å². The number of unbranched alkanes of at least 4 members (excludes halogenated alkanes) is 5. The SMILES string of the molecule is CCCCCCCCC(=O)c1cccc(C(=O)O)c1O. The number of carboxylic acid groups (broad SMARTS) is 1. The number of para-hydroxylation sites is 1. The molecule has 0 aromatic heterocycles. The largest absolute Gasteiger partial charge is 0.506 e. The molecule has 0 amide bonds. The Morgan fingerprint density at radius 2 is 1.60 bits per heavy atom. The molecule has 2 N–H and O–H groups in total. The number of aromatic carboxylic acids is 1. The van der Waals surface area contributed by atoms with Crippen molar-refractivity contribution in [3.05, 3.63) is 29.3 Å². The van der Waals surface area contributed by atoms with Gasteiger partial charge in [0.2, 0.25) is 0 Å². The van der Waals surface area contributed by atoms with Gasteiger partial charge in [-0.05, 0) is 18.6 Å². The summed E-state index contributed by atoms with van der Waals surface area (Å²) in [5, 5.41) is 18.7. The number of phenols is 1. The highest BCUT2D eigenvalue weighted by molar-refractivity contribution is 6.02. The molecule has 20 heavy (non-hydrogen) atoms. The van der Waals surface area contributed by atoms with E-state index < -0.39 is 11.7 Å². The van der Waals surface area contributed by atoms with Crippen LogP contribution in [0.25, 0.3) is 0 Å². The predicted octanol–water partition coefficient (Wildman–Crippen LogP) is 4.02. The standard InChI is InChI=1S/C16H22O4/c1-2-3-4-5-6-7-11-14(17)12-9-8-10-13(15(12)18)16(19)20/h8-10,18H,2-7,11H2,1H3,(H,19,20). The molecule has 1 aromatic carbocycles. The van der Waals surface area contributed by atoms with E-state index >= 15 is 0 Å². The van der Waals surface area contributed by atoms with E-state index in [4.69, 9.17) is 5.11 Å². The smallest absolute Gasteiger partial charge is 0.339 e. The highest BCUT2D eigenvalue weighted by Gasteiger charge is 2.17. The Hall–Kier alpha value is -1.84. The van der Waals surface area contributed by atoms with Crippen LogP contribution in [0.15, 0.2) is 18.2 Å². The third-order valence-corrected chi connectivity index (χ3v) is 3.32. The van der Waals surface area contributed by atoms with Gasteiger partial charge in [0.25, 0.3) is 0 Å². The maximum atomic E-state index is 12.0. The van der Waals surface area contributed by atoms with Gasteiger partial charge < -0.3 is 10.2 Å². The van der Waals surface area contributed by atoms with Gasteiger partial charge in [0.15, 0.2) is 5.78 Å². The Morgan fingerprint density at radius 3 is 2.25 bits per heavy atom. The maximum absolute atomic E-state index is 12.0. The van der Waals surface area contributed by atoms with Gasteiger partial charge in [-0.25, -0.2) is 4.79 Å². The van der Waals surface area contributed by atoms with Crippen molar-refractivity contribution in [3.63, 3.8) is 0 Å². The summed E-state index contributed by atoms with van der Waals surface area (Å²) in [6.45, 7) is 2.15. The molecule has 0 heterocycles. The molecular weight excluding hydrogens is 256 g/mol. The zero-order valence-electron chi connectivity index (χ0n) is 11.9. The summed E-state index contributed by atoms with van der Waals surface area (Å²) in [4.78, 5) is 22.9. The van der Waals surface area contributed by atoms with Gasteiger partial charge in [-0.1, -0.05) is 45.1 Å². The lowest BCUT2D eigenvalue weighted by molar-refractivity contribution is 0.0693. The van der Waals surface area contributed by atoms with Crippen LogP contribution >= 0.6 is 0 Å². The molecule has 0 aliphatic rings. The van der Waals surface area contributed by atoms with E-state index in [1.807, 2.05) is 0 Å². The molecule has 0 atom stereocenters. The van der Waals surface area contributed by atoms with Crippen molar-refractivity contribution in [2.24, 2.45) is 0 Å². The average Bonchev–Trinajstić information content (AvgIpc) is 2.42. The number of ketones is 1. The number of aromatic hydroxyl groups is 1. The molecule has 0 saturated heterocycles. The fraction of sp³-hybridized carbons (Fsp3) is 0.500. The molecule has 0 bridgehead atoms. The van der Waals surface area contributed by atoms with Gasteiger partial charge >= 0.3 is 5.97 Å². The third-order valence-electron chi connectivity index (χ3n) is 3.32. The highest BCUT2D eigenvalue weighted by Crippen LogP contribution is 2.24. The predicted molar refractivity (Wildman–Crippen MR) is 77.4 cm³/mol. The molecule has 0 saturated carbocycles. The molecule has 1 rings (SSSR count). The molecule has 0 unspecified atom stereocenters. The number of benzene rings is 1. The molecule has 1 aromatic rings. The van der Waals surface area contributed by atoms with E-state index in [1.54, 1.807) is 0 Å². The van der Waals surface area contributed by atoms with Crippen molar-refractivity contribution >= 4 is 11.8 Å². The van der Waals surface area contributed by atoms with E-state index in [9.17, 15) is 14.7 Å². The van der Waals surface area contributed by atoms with Crippen molar-refractivity contribution in [1.82, 2.24) is 0 Å². The summed E-state index contributed by atoms with van der Waals surface area (Å²) in [6, 6.07) is 4.25. The minimum absolute atomic E-state index is 0.110. The zero-order chi connectivity index (χ0) is 15.0. The van der Waals surface area contributed by atoms with Crippen molar-refractivity contribution < 1.29 is 19.8 Å². The van der Waals surface area contributed by atoms with E-state index in [2.05, 4.69) is 6.92 Å². The first kappa shape index (κ1) is 16.2. The first-order chi connectivity index (χ1) is 9.57. The van der Waals surface area contributed by atoms with E-state index in [0.29, 0.717) is 6.42 Å². The molecule has 0 fully saturated rings. The van der Waals surface area contributed by atoms with Gasteiger partial charge in [-0.3, -0.25) is 4.79 Å².